The van der Waals surface area contributed by atoms with E-state index in [4.69, 9.17) is 5.11 Å². The minimum absolute atomic E-state index is 0.220. The van der Waals surface area contributed by atoms with E-state index in [0.717, 1.165) is 18.4 Å². The van der Waals surface area contributed by atoms with Crippen molar-refractivity contribution in [2.75, 3.05) is 0 Å². The van der Waals surface area contributed by atoms with Crippen LogP contribution in [0.2, 0.25) is 0 Å². The van der Waals surface area contributed by atoms with Crippen LogP contribution in [0.3, 0.4) is 0 Å². The summed E-state index contributed by atoms with van der Waals surface area (Å²) in [5, 5.41) is 9.08. The van der Waals surface area contributed by atoms with Gasteiger partial charge in [-0.15, -0.1) is 6.58 Å². The third-order valence-electron chi connectivity index (χ3n) is 3.35. The first kappa shape index (κ1) is 17.2. The van der Waals surface area contributed by atoms with E-state index in [1.165, 1.54) is 44.9 Å². The molecule has 1 unspecified atom stereocenters. The second-order valence-electron chi connectivity index (χ2n) is 5.46. The van der Waals surface area contributed by atoms with Crippen molar-refractivity contribution in [3.05, 3.63) is 12.2 Å². The van der Waals surface area contributed by atoms with Crippen molar-refractivity contribution < 1.29 is 9.90 Å². The molecular weight excluding hydrogens is 224 g/mol. The zero-order chi connectivity index (χ0) is 13.8. The summed E-state index contributed by atoms with van der Waals surface area (Å²) in [5.41, 5.74) is 0.974. The molecule has 2 nitrogen and oxygen atoms in total. The van der Waals surface area contributed by atoms with Crippen LogP contribution in [0, 0.1) is 5.92 Å². The summed E-state index contributed by atoms with van der Waals surface area (Å²) in [6.45, 7) is 7.94. The van der Waals surface area contributed by atoms with Crippen LogP contribution in [0.15, 0.2) is 12.2 Å². The summed E-state index contributed by atoms with van der Waals surface area (Å²) >= 11 is 0. The van der Waals surface area contributed by atoms with Gasteiger partial charge in [-0.3, -0.25) is 4.79 Å². The molecule has 0 aliphatic heterocycles. The highest BCUT2D eigenvalue weighted by Gasteiger charge is 2.16. The van der Waals surface area contributed by atoms with Crippen LogP contribution in [0.4, 0.5) is 0 Å². The van der Waals surface area contributed by atoms with E-state index >= 15 is 0 Å². The molecule has 0 saturated carbocycles. The largest absolute Gasteiger partial charge is 0.481 e. The molecule has 0 aromatic carbocycles. The van der Waals surface area contributed by atoms with E-state index < -0.39 is 5.97 Å². The fraction of sp³-hybridized carbons (Fsp3) is 0.812. The lowest BCUT2D eigenvalue weighted by molar-refractivity contribution is -0.142. The lowest BCUT2D eigenvalue weighted by atomic mass is 9.94. The zero-order valence-corrected chi connectivity index (χ0v) is 12.2. The quantitative estimate of drug-likeness (QED) is 0.384. The lowest BCUT2D eigenvalue weighted by Crippen LogP contribution is -2.13. The minimum atomic E-state index is -0.666. The number of carbonyl (C=O) groups is 1. The van der Waals surface area contributed by atoms with Gasteiger partial charge in [0, 0.05) is 0 Å². The van der Waals surface area contributed by atoms with Crippen molar-refractivity contribution in [3.8, 4) is 0 Å². The Morgan fingerprint density at radius 1 is 1.06 bits per heavy atom. The third-order valence-corrected chi connectivity index (χ3v) is 3.35. The van der Waals surface area contributed by atoms with Crippen LogP contribution in [0.5, 0.6) is 0 Å². The van der Waals surface area contributed by atoms with Crippen LogP contribution in [0.25, 0.3) is 0 Å². The van der Waals surface area contributed by atoms with E-state index in [1.54, 1.807) is 0 Å². The molecule has 0 amide bonds. The maximum absolute atomic E-state index is 11.0. The van der Waals surface area contributed by atoms with Crippen molar-refractivity contribution >= 4 is 5.97 Å². The van der Waals surface area contributed by atoms with Gasteiger partial charge in [0.1, 0.15) is 0 Å². The summed E-state index contributed by atoms with van der Waals surface area (Å²) in [7, 11) is 0. The molecule has 2 heteroatoms. The molecule has 106 valence electrons. The first-order chi connectivity index (χ1) is 8.57. The number of carboxylic acid groups (broad SMARTS) is 1. The van der Waals surface area contributed by atoms with Crippen molar-refractivity contribution in [1.82, 2.24) is 0 Å². The summed E-state index contributed by atoms with van der Waals surface area (Å²) in [4.78, 5) is 11.0. The second-order valence-corrected chi connectivity index (χ2v) is 5.46. The Hall–Kier alpha value is -0.790. The van der Waals surface area contributed by atoms with E-state index in [9.17, 15) is 4.79 Å². The Morgan fingerprint density at radius 2 is 1.56 bits per heavy atom. The molecule has 0 aromatic heterocycles. The molecule has 0 aromatic rings. The van der Waals surface area contributed by atoms with Gasteiger partial charge >= 0.3 is 5.97 Å². The highest BCUT2D eigenvalue weighted by atomic mass is 16.4. The average Bonchev–Trinajstić information content (AvgIpc) is 2.30. The zero-order valence-electron chi connectivity index (χ0n) is 12.2. The molecule has 0 aliphatic rings. The minimum Gasteiger partial charge on any atom is -0.481 e. The smallest absolute Gasteiger partial charge is 0.306 e. The number of unbranched alkanes of at least 4 members (excludes halogenated alkanes) is 7. The van der Waals surface area contributed by atoms with Gasteiger partial charge in [-0.25, -0.2) is 0 Å². The molecule has 0 heterocycles. The molecule has 1 atom stereocenters. The molecule has 0 saturated heterocycles. The fourth-order valence-corrected chi connectivity index (χ4v) is 2.26. The van der Waals surface area contributed by atoms with Gasteiger partial charge < -0.3 is 5.11 Å². The molecule has 0 fully saturated rings. The van der Waals surface area contributed by atoms with Crippen molar-refractivity contribution in [2.24, 2.45) is 5.92 Å². The maximum atomic E-state index is 11.0. The maximum Gasteiger partial charge on any atom is 0.306 e. The van der Waals surface area contributed by atoms with Crippen molar-refractivity contribution in [2.45, 2.75) is 78.1 Å². The Labute approximate surface area is 112 Å². The number of aliphatic carboxylic acids is 1. The first-order valence-corrected chi connectivity index (χ1v) is 7.45. The van der Waals surface area contributed by atoms with Crippen molar-refractivity contribution in [3.63, 3.8) is 0 Å². The van der Waals surface area contributed by atoms with E-state index in [2.05, 4.69) is 13.5 Å². The van der Waals surface area contributed by atoms with E-state index in [-0.39, 0.29) is 5.92 Å². The van der Waals surface area contributed by atoms with Crippen LogP contribution < -0.4 is 0 Å². The van der Waals surface area contributed by atoms with Gasteiger partial charge in [0.15, 0.2) is 0 Å². The monoisotopic (exact) mass is 254 g/mol. The lowest BCUT2D eigenvalue weighted by Gasteiger charge is -2.11. The molecule has 0 radical (unpaired) electrons. The van der Waals surface area contributed by atoms with Gasteiger partial charge in [0.05, 0.1) is 5.92 Å². The summed E-state index contributed by atoms with van der Waals surface area (Å²) in [6, 6.07) is 0. The highest BCUT2D eigenvalue weighted by Crippen LogP contribution is 2.19. The van der Waals surface area contributed by atoms with Crippen LogP contribution >= 0.6 is 0 Å². The Kier molecular flexibility index (Phi) is 10.8. The Balaban J connectivity index is 3.49. The van der Waals surface area contributed by atoms with Gasteiger partial charge in [-0.1, -0.05) is 63.9 Å². The normalized spacial score (nSPS) is 12.3. The summed E-state index contributed by atoms with van der Waals surface area (Å²) in [6.07, 6.45) is 11.5. The highest BCUT2D eigenvalue weighted by molar-refractivity contribution is 5.70. The third kappa shape index (κ3) is 10.4. The molecular formula is C16H30O2. The molecule has 0 rings (SSSR count). The molecule has 18 heavy (non-hydrogen) atoms. The standard InChI is InChI=1S/C16H30O2/c1-4-5-6-7-8-9-10-11-12-15(16(17)18)13-14(2)3/h15H,2,4-13H2,1,3H3,(H,17,18). The molecule has 0 spiro atoms. The fourth-order valence-electron chi connectivity index (χ4n) is 2.26. The molecule has 1 N–H and O–H groups in total. The van der Waals surface area contributed by atoms with Gasteiger partial charge in [-0.05, 0) is 19.8 Å². The molecule has 0 bridgehead atoms. The molecule has 0 aliphatic carbocycles. The van der Waals surface area contributed by atoms with Crippen LogP contribution in [-0.4, -0.2) is 11.1 Å². The number of allylic oxidation sites excluding steroid dienone is 1. The van der Waals surface area contributed by atoms with Gasteiger partial charge in [-0.2, -0.15) is 0 Å². The number of hydrogen-bond acceptors (Lipinski definition) is 1. The van der Waals surface area contributed by atoms with E-state index in [1.807, 2.05) is 6.92 Å². The predicted octanol–water partition coefficient (Wildman–Crippen LogP) is 5.18. The SMILES string of the molecule is C=C(C)CC(CCCCCCCCCC)C(=O)O. The Bertz CT molecular complexity index is 233. The van der Waals surface area contributed by atoms with Gasteiger partial charge in [0.25, 0.3) is 0 Å². The number of rotatable bonds is 12. The topological polar surface area (TPSA) is 37.3 Å². The summed E-state index contributed by atoms with van der Waals surface area (Å²) < 4.78 is 0. The number of carboxylic acids is 1. The number of hydrogen-bond donors (Lipinski definition) is 1. The predicted molar refractivity (Wildman–Crippen MR) is 77.8 cm³/mol. The second kappa shape index (κ2) is 11.3. The average molecular weight is 254 g/mol. The van der Waals surface area contributed by atoms with Crippen LogP contribution in [-0.2, 0) is 4.79 Å². The summed E-state index contributed by atoms with van der Waals surface area (Å²) in [5.74, 6) is -0.886. The first-order valence-electron chi connectivity index (χ1n) is 7.45. The van der Waals surface area contributed by atoms with Crippen molar-refractivity contribution in [1.29, 1.82) is 0 Å². The van der Waals surface area contributed by atoms with Gasteiger partial charge in [0.2, 0.25) is 0 Å². The van der Waals surface area contributed by atoms with Crippen LogP contribution in [0.1, 0.15) is 78.1 Å². The van der Waals surface area contributed by atoms with E-state index in [0.29, 0.717) is 6.42 Å². The Morgan fingerprint density at radius 3 is 2.00 bits per heavy atom.